The van der Waals surface area contributed by atoms with Gasteiger partial charge in [0, 0.05) is 5.92 Å². The maximum absolute atomic E-state index is 11.9. The number of hydrogen-bond donors (Lipinski definition) is 1. The van der Waals surface area contributed by atoms with Crippen LogP contribution in [0, 0.1) is 35.5 Å². The summed E-state index contributed by atoms with van der Waals surface area (Å²) in [6.45, 7) is 1.76. The zero-order valence-electron chi connectivity index (χ0n) is 7.73. The molecule has 0 heterocycles. The molecule has 0 amide bonds. The summed E-state index contributed by atoms with van der Waals surface area (Å²) in [5.41, 5.74) is -0.966. The van der Waals surface area contributed by atoms with Gasteiger partial charge in [-0.05, 0) is 49.4 Å². The van der Waals surface area contributed by atoms with Crippen LogP contribution in [0.4, 0.5) is 0 Å². The van der Waals surface area contributed by atoms with E-state index >= 15 is 0 Å². The van der Waals surface area contributed by atoms with Crippen LogP contribution in [0.5, 0.6) is 0 Å². The van der Waals surface area contributed by atoms with Crippen molar-refractivity contribution in [3.05, 3.63) is 0 Å². The van der Waals surface area contributed by atoms with Crippen LogP contribution in [-0.4, -0.2) is 16.5 Å². The number of rotatable bonds is 0. The molecule has 0 spiro atoms. The van der Waals surface area contributed by atoms with Gasteiger partial charge in [-0.15, -0.1) is 0 Å². The molecule has 2 heteroatoms. The van der Waals surface area contributed by atoms with Crippen molar-refractivity contribution >= 4 is 5.78 Å². The quantitative estimate of drug-likeness (QED) is 0.596. The van der Waals surface area contributed by atoms with Gasteiger partial charge in [-0.3, -0.25) is 4.79 Å². The van der Waals surface area contributed by atoms with Gasteiger partial charge < -0.3 is 5.11 Å². The average Bonchev–Trinajstić information content (AvgIpc) is 2.55. The van der Waals surface area contributed by atoms with Crippen LogP contribution in [0.1, 0.15) is 19.8 Å². The van der Waals surface area contributed by atoms with Gasteiger partial charge in [-0.2, -0.15) is 0 Å². The lowest BCUT2D eigenvalue weighted by molar-refractivity contribution is -0.149. The lowest BCUT2D eigenvalue weighted by Gasteiger charge is -2.37. The zero-order valence-corrected chi connectivity index (χ0v) is 7.73. The Labute approximate surface area is 77.3 Å². The van der Waals surface area contributed by atoms with Gasteiger partial charge in [0.05, 0.1) is 0 Å². The molecule has 4 fully saturated rings. The van der Waals surface area contributed by atoms with Gasteiger partial charge in [0.15, 0.2) is 5.78 Å². The van der Waals surface area contributed by atoms with Crippen molar-refractivity contribution in [3.63, 3.8) is 0 Å². The minimum absolute atomic E-state index is 0.172. The Balaban J connectivity index is 1.91. The molecule has 4 aliphatic rings. The summed E-state index contributed by atoms with van der Waals surface area (Å²) in [5.74, 6) is 3.66. The number of carbonyl (C=O) groups is 1. The Morgan fingerprint density at radius 1 is 1.38 bits per heavy atom. The fraction of sp³-hybridized carbons (Fsp3) is 0.909. The van der Waals surface area contributed by atoms with Crippen molar-refractivity contribution in [2.75, 3.05) is 0 Å². The van der Waals surface area contributed by atoms with E-state index < -0.39 is 5.60 Å². The molecule has 1 N–H and O–H groups in total. The van der Waals surface area contributed by atoms with Crippen LogP contribution in [0.15, 0.2) is 0 Å². The molecule has 7 atom stereocenters. The summed E-state index contributed by atoms with van der Waals surface area (Å²) in [6.07, 6.45) is 2.43. The van der Waals surface area contributed by atoms with E-state index in [0.29, 0.717) is 23.7 Å². The van der Waals surface area contributed by atoms with Crippen molar-refractivity contribution in [2.45, 2.75) is 25.4 Å². The fourth-order valence-corrected chi connectivity index (χ4v) is 4.89. The highest BCUT2D eigenvalue weighted by atomic mass is 16.3. The van der Waals surface area contributed by atoms with E-state index in [2.05, 4.69) is 0 Å². The minimum atomic E-state index is -0.966. The molecular formula is C11H14O2. The second-order valence-electron chi connectivity index (χ2n) is 5.69. The maximum Gasteiger partial charge on any atom is 0.168 e. The van der Waals surface area contributed by atoms with Gasteiger partial charge in [-0.25, -0.2) is 0 Å². The first-order valence-corrected chi connectivity index (χ1v) is 5.39. The topological polar surface area (TPSA) is 37.3 Å². The predicted molar refractivity (Wildman–Crippen MR) is 45.8 cm³/mol. The second kappa shape index (κ2) is 1.60. The monoisotopic (exact) mass is 178 g/mol. The predicted octanol–water partition coefficient (Wildman–Crippen LogP) is 0.838. The van der Waals surface area contributed by atoms with Crippen molar-refractivity contribution < 1.29 is 9.90 Å². The lowest BCUT2D eigenvalue weighted by Crippen LogP contribution is -2.49. The molecule has 2 bridgehead atoms. The Morgan fingerprint density at radius 2 is 2.15 bits per heavy atom. The highest BCUT2D eigenvalue weighted by Gasteiger charge is 2.77. The van der Waals surface area contributed by atoms with Crippen LogP contribution < -0.4 is 0 Å². The van der Waals surface area contributed by atoms with Crippen LogP contribution in [0.25, 0.3) is 0 Å². The third-order valence-electron chi connectivity index (χ3n) is 5.34. The summed E-state index contributed by atoms with van der Waals surface area (Å²) < 4.78 is 0. The first-order valence-electron chi connectivity index (χ1n) is 5.39. The van der Waals surface area contributed by atoms with Crippen molar-refractivity contribution in [1.82, 2.24) is 0 Å². The van der Waals surface area contributed by atoms with Crippen molar-refractivity contribution in [2.24, 2.45) is 35.5 Å². The van der Waals surface area contributed by atoms with Gasteiger partial charge in [0.1, 0.15) is 5.60 Å². The molecule has 70 valence electrons. The first-order chi connectivity index (χ1) is 6.12. The molecule has 4 rings (SSSR count). The van der Waals surface area contributed by atoms with E-state index in [0.717, 1.165) is 12.3 Å². The molecule has 4 aliphatic carbocycles. The number of carbonyl (C=O) groups excluding carboxylic acids is 1. The van der Waals surface area contributed by atoms with E-state index in [4.69, 9.17) is 0 Å². The first kappa shape index (κ1) is 6.99. The Bertz CT molecular complexity index is 316. The number of aliphatic hydroxyl groups is 1. The molecule has 0 aromatic carbocycles. The standard InChI is InChI=1S/C11H14O2/c1-11(13)6-3-4-2-5(6)8-7(4)9(8)10(11)12/h4-9,13H,2-3H2,1H3. The molecule has 13 heavy (non-hydrogen) atoms. The molecule has 7 unspecified atom stereocenters. The summed E-state index contributed by atoms with van der Waals surface area (Å²) in [4.78, 5) is 11.9. The lowest BCUT2D eigenvalue weighted by atomic mass is 9.71. The summed E-state index contributed by atoms with van der Waals surface area (Å²) >= 11 is 0. The van der Waals surface area contributed by atoms with E-state index in [9.17, 15) is 9.90 Å². The number of ketones is 1. The van der Waals surface area contributed by atoms with Crippen molar-refractivity contribution in [1.29, 1.82) is 0 Å². The van der Waals surface area contributed by atoms with Crippen LogP contribution in [0.2, 0.25) is 0 Å². The molecule has 0 aromatic heterocycles. The number of Topliss-reactive ketones (excluding diaryl/α,β-unsaturated/α-hetero) is 1. The van der Waals surface area contributed by atoms with Crippen LogP contribution >= 0.6 is 0 Å². The van der Waals surface area contributed by atoms with Crippen molar-refractivity contribution in [3.8, 4) is 0 Å². The summed E-state index contributed by atoms with van der Waals surface area (Å²) in [6, 6.07) is 0. The van der Waals surface area contributed by atoms with Gasteiger partial charge in [0.2, 0.25) is 0 Å². The molecule has 2 nitrogen and oxygen atoms in total. The largest absolute Gasteiger partial charge is 0.382 e. The minimum Gasteiger partial charge on any atom is -0.382 e. The molecule has 4 saturated carbocycles. The molecule has 0 aromatic rings. The Hall–Kier alpha value is -0.370. The smallest absolute Gasteiger partial charge is 0.168 e. The molecule has 0 radical (unpaired) electrons. The Morgan fingerprint density at radius 3 is 2.92 bits per heavy atom. The van der Waals surface area contributed by atoms with Crippen LogP contribution in [0.3, 0.4) is 0 Å². The zero-order chi connectivity index (χ0) is 8.96. The summed E-state index contributed by atoms with van der Waals surface area (Å²) in [7, 11) is 0. The Kier molecular flexibility index (Phi) is 0.862. The highest BCUT2D eigenvalue weighted by molar-refractivity contribution is 5.94. The second-order valence-corrected chi connectivity index (χ2v) is 5.69. The van der Waals surface area contributed by atoms with E-state index in [1.165, 1.54) is 6.42 Å². The number of fused-ring (bicyclic) bond motifs is 3. The number of hydrogen-bond acceptors (Lipinski definition) is 2. The SMILES string of the molecule is CC1(O)C(=O)C2C3C4CC(C23)C1C4. The molecule has 0 aliphatic heterocycles. The third kappa shape index (κ3) is 0.518. The van der Waals surface area contributed by atoms with E-state index in [-0.39, 0.29) is 11.7 Å². The summed E-state index contributed by atoms with van der Waals surface area (Å²) in [5, 5.41) is 10.2. The molecule has 0 saturated heterocycles. The van der Waals surface area contributed by atoms with E-state index in [1.807, 2.05) is 0 Å². The fourth-order valence-electron chi connectivity index (χ4n) is 4.89. The normalized spacial score (nSPS) is 71.7. The van der Waals surface area contributed by atoms with E-state index in [1.54, 1.807) is 6.92 Å². The average molecular weight is 178 g/mol. The van der Waals surface area contributed by atoms with Gasteiger partial charge in [-0.1, -0.05) is 0 Å². The maximum atomic E-state index is 11.9. The highest BCUT2D eigenvalue weighted by Crippen LogP contribution is 2.76. The van der Waals surface area contributed by atoms with Crippen LogP contribution in [-0.2, 0) is 4.79 Å². The third-order valence-corrected chi connectivity index (χ3v) is 5.34. The molecular weight excluding hydrogens is 164 g/mol. The van der Waals surface area contributed by atoms with Gasteiger partial charge in [0.25, 0.3) is 0 Å². The van der Waals surface area contributed by atoms with Gasteiger partial charge >= 0.3 is 0 Å².